The van der Waals surface area contributed by atoms with Gasteiger partial charge in [0.25, 0.3) is 11.5 Å². The van der Waals surface area contributed by atoms with Crippen LogP contribution in [-0.4, -0.2) is 38.3 Å². The van der Waals surface area contributed by atoms with Gasteiger partial charge in [0.1, 0.15) is 23.5 Å². The van der Waals surface area contributed by atoms with Gasteiger partial charge in [-0.2, -0.15) is 0 Å². The predicted octanol–water partition coefficient (Wildman–Crippen LogP) is 2.48. The molecule has 0 unspecified atom stereocenters. The highest BCUT2D eigenvalue weighted by atomic mass is 16.2. The van der Waals surface area contributed by atoms with Crippen LogP contribution in [0.1, 0.15) is 15.9 Å². The third kappa shape index (κ3) is 3.53. The van der Waals surface area contributed by atoms with Gasteiger partial charge in [0, 0.05) is 18.8 Å². The Bertz CT molecular complexity index is 1420. The van der Waals surface area contributed by atoms with Crippen molar-refractivity contribution >= 4 is 34.1 Å². The lowest BCUT2D eigenvalue weighted by molar-refractivity contribution is 0.0990. The number of fused-ring (bicyclic) bond motifs is 2. The molecule has 0 saturated carbocycles. The van der Waals surface area contributed by atoms with E-state index < -0.39 is 0 Å². The minimum absolute atomic E-state index is 0.118. The van der Waals surface area contributed by atoms with E-state index in [9.17, 15) is 9.59 Å². The van der Waals surface area contributed by atoms with Gasteiger partial charge in [0.05, 0.1) is 24.0 Å². The van der Waals surface area contributed by atoms with Gasteiger partial charge in [-0.1, -0.05) is 36.4 Å². The molecule has 3 N–H and O–H groups in total. The number of hydrogen-bond donors (Lipinski definition) is 2. The summed E-state index contributed by atoms with van der Waals surface area (Å²) in [5.74, 6) is 0.230. The number of allylic oxidation sites excluding steroid dienone is 1. The summed E-state index contributed by atoms with van der Waals surface area (Å²) in [7, 11) is 0. The van der Waals surface area contributed by atoms with Crippen molar-refractivity contribution < 1.29 is 4.79 Å². The van der Waals surface area contributed by atoms with Crippen LogP contribution in [0.3, 0.4) is 0 Å². The highest BCUT2D eigenvalue weighted by Gasteiger charge is 2.28. The molecule has 0 spiro atoms. The molecule has 2 aromatic carbocycles. The second-order valence-corrected chi connectivity index (χ2v) is 7.79. The normalized spacial score (nSPS) is 13.5. The van der Waals surface area contributed by atoms with Gasteiger partial charge >= 0.3 is 0 Å². The highest BCUT2D eigenvalue weighted by Crippen LogP contribution is 2.28. The summed E-state index contributed by atoms with van der Waals surface area (Å²) < 4.78 is 3.62. The van der Waals surface area contributed by atoms with E-state index in [4.69, 9.17) is 5.73 Å². The third-order valence-corrected chi connectivity index (χ3v) is 5.77. The first-order valence-corrected chi connectivity index (χ1v) is 10.6. The summed E-state index contributed by atoms with van der Waals surface area (Å²) in [6.45, 7) is 5.65. The number of amides is 1. The number of carbonyl (C=O) groups is 1. The zero-order valence-corrected chi connectivity index (χ0v) is 17.9. The lowest BCUT2D eigenvalue weighted by Crippen LogP contribution is -2.33. The van der Waals surface area contributed by atoms with Crippen molar-refractivity contribution in [3.8, 4) is 0 Å². The molecule has 5 rings (SSSR count). The molecule has 0 radical (unpaired) electrons. The fourth-order valence-corrected chi connectivity index (χ4v) is 4.21. The summed E-state index contributed by atoms with van der Waals surface area (Å²) in [5, 5.41) is 3.66. The van der Waals surface area contributed by atoms with Crippen molar-refractivity contribution in [2.24, 2.45) is 0 Å². The Morgan fingerprint density at radius 2 is 1.91 bits per heavy atom. The number of nitrogens with one attached hydrogen (secondary N) is 1. The standard InChI is InChI=1S/C24H23N7O2/c1-2-11-30-19-9-8-17(13-18(19)23(32)31(30)14-16-6-4-3-5-7-16)29-12-10-26-22-20(24(29)33)21(25)27-15-28-22/h2-9,13,15H,1,10-12,14H2,(H3,25,26,27,28). The van der Waals surface area contributed by atoms with Crippen LogP contribution in [0.15, 0.2) is 72.3 Å². The summed E-state index contributed by atoms with van der Waals surface area (Å²) in [6, 6.07) is 15.3. The number of benzene rings is 2. The number of nitrogens with two attached hydrogens (primary N) is 1. The minimum atomic E-state index is -0.303. The average Bonchev–Trinajstić information content (AvgIpc) is 2.96. The molecule has 166 valence electrons. The number of hydrogen-bond acceptors (Lipinski definition) is 6. The lowest BCUT2D eigenvalue weighted by Gasteiger charge is -2.21. The van der Waals surface area contributed by atoms with E-state index in [2.05, 4.69) is 21.9 Å². The predicted molar refractivity (Wildman–Crippen MR) is 129 cm³/mol. The maximum atomic E-state index is 13.4. The van der Waals surface area contributed by atoms with Gasteiger partial charge in [0.15, 0.2) is 0 Å². The zero-order chi connectivity index (χ0) is 22.9. The lowest BCUT2D eigenvalue weighted by atomic mass is 10.2. The van der Waals surface area contributed by atoms with Gasteiger partial charge in [0.2, 0.25) is 0 Å². The van der Waals surface area contributed by atoms with E-state index >= 15 is 0 Å². The zero-order valence-electron chi connectivity index (χ0n) is 17.9. The van der Waals surface area contributed by atoms with E-state index in [0.717, 1.165) is 11.1 Å². The Morgan fingerprint density at radius 3 is 2.70 bits per heavy atom. The van der Waals surface area contributed by atoms with E-state index in [-0.39, 0.29) is 22.8 Å². The molecule has 0 bridgehead atoms. The number of nitrogens with zero attached hydrogens (tertiary/aromatic N) is 5. The van der Waals surface area contributed by atoms with Gasteiger partial charge in [-0.25, -0.2) is 14.6 Å². The van der Waals surface area contributed by atoms with Crippen LogP contribution in [0.5, 0.6) is 0 Å². The number of carbonyl (C=O) groups excluding carboxylic acids is 1. The monoisotopic (exact) mass is 441 g/mol. The number of nitrogen functional groups attached to an aromatic ring is 1. The largest absolute Gasteiger partial charge is 0.383 e. The number of aromatic nitrogens is 4. The molecule has 0 atom stereocenters. The van der Waals surface area contributed by atoms with Crippen LogP contribution < -0.4 is 21.5 Å². The smallest absolute Gasteiger partial charge is 0.274 e. The molecule has 0 saturated heterocycles. The first-order chi connectivity index (χ1) is 16.1. The Labute approximate surface area is 189 Å². The first kappa shape index (κ1) is 20.5. The van der Waals surface area contributed by atoms with Crippen LogP contribution in [0, 0.1) is 0 Å². The fraction of sp³-hybridized carbons (Fsp3) is 0.167. The molecule has 9 heteroatoms. The molecular weight excluding hydrogens is 418 g/mol. The van der Waals surface area contributed by atoms with Gasteiger partial charge in [-0.05, 0) is 23.8 Å². The van der Waals surface area contributed by atoms with E-state index in [0.29, 0.717) is 43.1 Å². The molecule has 4 aromatic rings. The molecule has 33 heavy (non-hydrogen) atoms. The first-order valence-electron chi connectivity index (χ1n) is 10.6. The van der Waals surface area contributed by atoms with Gasteiger partial charge in [-0.3, -0.25) is 14.3 Å². The molecule has 2 aromatic heterocycles. The third-order valence-electron chi connectivity index (χ3n) is 5.77. The minimum Gasteiger partial charge on any atom is -0.383 e. The van der Waals surface area contributed by atoms with Crippen LogP contribution in [0.4, 0.5) is 17.3 Å². The topological polar surface area (TPSA) is 111 Å². The second-order valence-electron chi connectivity index (χ2n) is 7.79. The Morgan fingerprint density at radius 1 is 1.09 bits per heavy atom. The Balaban J connectivity index is 1.61. The molecular formula is C24H23N7O2. The molecule has 1 aliphatic rings. The van der Waals surface area contributed by atoms with Crippen molar-refractivity contribution in [1.29, 1.82) is 0 Å². The summed E-state index contributed by atoms with van der Waals surface area (Å²) >= 11 is 0. The van der Waals surface area contributed by atoms with E-state index in [1.165, 1.54) is 6.33 Å². The number of rotatable bonds is 5. The van der Waals surface area contributed by atoms with Crippen molar-refractivity contribution in [3.05, 3.63) is 89.0 Å². The molecule has 0 fully saturated rings. The number of anilines is 3. The summed E-state index contributed by atoms with van der Waals surface area (Å²) in [5.41, 5.74) is 8.51. The van der Waals surface area contributed by atoms with Crippen molar-refractivity contribution in [3.63, 3.8) is 0 Å². The van der Waals surface area contributed by atoms with Crippen molar-refractivity contribution in [2.75, 3.05) is 29.0 Å². The molecule has 9 nitrogen and oxygen atoms in total. The Kier molecular flexibility index (Phi) is 5.14. The van der Waals surface area contributed by atoms with Crippen LogP contribution in [0.2, 0.25) is 0 Å². The maximum Gasteiger partial charge on any atom is 0.274 e. The molecule has 1 amide bonds. The van der Waals surface area contributed by atoms with Crippen molar-refractivity contribution in [2.45, 2.75) is 13.1 Å². The second kappa shape index (κ2) is 8.27. The average molecular weight is 441 g/mol. The van der Waals surface area contributed by atoms with Gasteiger partial charge in [-0.15, -0.1) is 6.58 Å². The van der Waals surface area contributed by atoms with Crippen LogP contribution in [0.25, 0.3) is 10.9 Å². The van der Waals surface area contributed by atoms with E-state index in [1.54, 1.807) is 21.7 Å². The summed E-state index contributed by atoms with van der Waals surface area (Å²) in [6.07, 6.45) is 3.09. The summed E-state index contributed by atoms with van der Waals surface area (Å²) in [4.78, 5) is 36.4. The van der Waals surface area contributed by atoms with Gasteiger partial charge < -0.3 is 16.0 Å². The molecule has 3 heterocycles. The van der Waals surface area contributed by atoms with Crippen molar-refractivity contribution in [1.82, 2.24) is 19.3 Å². The highest BCUT2D eigenvalue weighted by molar-refractivity contribution is 6.13. The quantitative estimate of drug-likeness (QED) is 0.461. The Hall–Kier alpha value is -4.40. The SMILES string of the molecule is C=CCn1c2ccc(N3CCNc4ncnc(N)c4C3=O)cc2c(=O)n1Cc1ccccc1. The van der Waals surface area contributed by atoms with E-state index in [1.807, 2.05) is 47.1 Å². The van der Waals surface area contributed by atoms with Crippen LogP contribution >= 0.6 is 0 Å². The molecule has 0 aliphatic carbocycles. The maximum absolute atomic E-state index is 13.4. The molecule has 1 aliphatic heterocycles. The fourth-order valence-electron chi connectivity index (χ4n) is 4.21. The van der Waals surface area contributed by atoms with Crippen LogP contribution in [-0.2, 0) is 13.1 Å².